The molecule has 0 aromatic heterocycles. The Bertz CT molecular complexity index is 1210. The van der Waals surface area contributed by atoms with E-state index in [4.69, 9.17) is 15.9 Å². The number of ether oxygens (including phenoxy) is 2. The van der Waals surface area contributed by atoms with Crippen LogP contribution in [0.25, 0.3) is 0 Å². The molecular formula is C31H37N2O2+. The second kappa shape index (κ2) is 10.2. The molecule has 0 spiro atoms. The highest BCUT2D eigenvalue weighted by molar-refractivity contribution is 6.03. The molecule has 0 radical (unpaired) electrons. The normalized spacial score (nSPS) is 18.9. The van der Waals surface area contributed by atoms with Crippen LogP contribution < -0.4 is 4.90 Å². The predicted octanol–water partition coefficient (Wildman–Crippen LogP) is 5.60. The highest BCUT2D eigenvalue weighted by Crippen LogP contribution is 2.47. The molecule has 0 aliphatic carbocycles. The Morgan fingerprint density at radius 3 is 2.34 bits per heavy atom. The van der Waals surface area contributed by atoms with E-state index in [0.717, 1.165) is 6.54 Å². The maximum Gasteiger partial charge on any atom is 0.209 e. The van der Waals surface area contributed by atoms with Gasteiger partial charge in [0.2, 0.25) is 5.69 Å². The number of para-hydroxylation sites is 2. The minimum atomic E-state index is -0.0957. The number of anilines is 1. The molecule has 0 fully saturated rings. The molecule has 35 heavy (non-hydrogen) atoms. The summed E-state index contributed by atoms with van der Waals surface area (Å²) in [6.07, 6.45) is 12.0. The maximum atomic E-state index is 5.85. The van der Waals surface area contributed by atoms with Gasteiger partial charge < -0.3 is 14.4 Å². The van der Waals surface area contributed by atoms with E-state index in [2.05, 4.69) is 117 Å². The van der Waals surface area contributed by atoms with Crippen LogP contribution in [0.2, 0.25) is 0 Å². The number of allylic oxidation sites excluding steroid dienone is 4. The number of hydrogen-bond acceptors (Lipinski definition) is 3. The van der Waals surface area contributed by atoms with Crippen molar-refractivity contribution in [2.75, 3.05) is 44.9 Å². The standard InChI is InChI=1S/C31H37N2O2/c1-7-20-34-22-23-35-21-19-33-27-16-11-9-14-25(27)31(4,5)29(33)18-12-17-28-30(2,3)24-13-8-10-15-26(24)32(28)6/h1,8-18H,19-23H2,2-6H3/q+1. The molecule has 0 unspecified atom stereocenters. The number of terminal acetylenes is 1. The average Bonchev–Trinajstić information content (AvgIpc) is 3.18. The van der Waals surface area contributed by atoms with Crippen molar-refractivity contribution in [2.24, 2.45) is 0 Å². The SMILES string of the molecule is C#CCOCCOCCN1/C(=C/C=C/C2=[N+](C)c3ccccc3C2(C)C)C(C)(C)c2ccccc21. The summed E-state index contributed by atoms with van der Waals surface area (Å²) in [6.45, 7) is 12.0. The molecule has 182 valence electrons. The zero-order valence-corrected chi connectivity index (χ0v) is 21.7. The summed E-state index contributed by atoms with van der Waals surface area (Å²) in [4.78, 5) is 2.39. The van der Waals surface area contributed by atoms with Crippen molar-refractivity contribution >= 4 is 17.1 Å². The first-order valence-electron chi connectivity index (χ1n) is 12.4. The zero-order valence-electron chi connectivity index (χ0n) is 21.7. The van der Waals surface area contributed by atoms with Gasteiger partial charge in [0.05, 0.1) is 25.2 Å². The van der Waals surface area contributed by atoms with E-state index in [1.165, 1.54) is 33.9 Å². The molecule has 0 N–H and O–H groups in total. The number of benzene rings is 2. The summed E-state index contributed by atoms with van der Waals surface area (Å²) >= 11 is 0. The van der Waals surface area contributed by atoms with Gasteiger partial charge in [0.1, 0.15) is 13.7 Å². The summed E-state index contributed by atoms with van der Waals surface area (Å²) in [5.41, 5.74) is 7.68. The third-order valence-corrected chi connectivity index (χ3v) is 7.26. The molecule has 2 aromatic rings. The van der Waals surface area contributed by atoms with E-state index in [9.17, 15) is 0 Å². The van der Waals surface area contributed by atoms with Crippen LogP contribution in [-0.4, -0.2) is 50.3 Å². The molecule has 2 aliphatic rings. The first-order chi connectivity index (χ1) is 16.8. The Labute approximate surface area is 210 Å². The fraction of sp³-hybridized carbons (Fsp3) is 0.387. The molecule has 0 amide bonds. The molecule has 0 atom stereocenters. The fourth-order valence-electron chi connectivity index (χ4n) is 5.42. The molecule has 0 saturated heterocycles. The van der Waals surface area contributed by atoms with Gasteiger partial charge in [-0.1, -0.05) is 62.2 Å². The average molecular weight is 470 g/mol. The highest BCUT2D eigenvalue weighted by Gasteiger charge is 2.43. The third kappa shape index (κ3) is 4.72. The van der Waals surface area contributed by atoms with E-state index in [1.54, 1.807) is 0 Å². The number of fused-ring (bicyclic) bond motifs is 2. The van der Waals surface area contributed by atoms with Gasteiger partial charge in [-0.25, -0.2) is 0 Å². The first-order valence-corrected chi connectivity index (χ1v) is 12.4. The molecule has 4 rings (SSSR count). The van der Waals surface area contributed by atoms with Gasteiger partial charge in [0, 0.05) is 41.1 Å². The highest BCUT2D eigenvalue weighted by atomic mass is 16.5. The van der Waals surface area contributed by atoms with Crippen molar-refractivity contribution in [3.63, 3.8) is 0 Å². The van der Waals surface area contributed by atoms with Gasteiger partial charge in [0.15, 0.2) is 5.71 Å². The van der Waals surface area contributed by atoms with Crippen LogP contribution in [0.4, 0.5) is 11.4 Å². The van der Waals surface area contributed by atoms with Crippen LogP contribution in [0.1, 0.15) is 38.8 Å². The lowest BCUT2D eigenvalue weighted by molar-refractivity contribution is -0.401. The third-order valence-electron chi connectivity index (χ3n) is 7.26. The lowest BCUT2D eigenvalue weighted by Crippen LogP contribution is -2.29. The maximum absolute atomic E-state index is 5.85. The van der Waals surface area contributed by atoms with Gasteiger partial charge in [-0.2, -0.15) is 4.58 Å². The molecule has 2 heterocycles. The number of hydrogen-bond donors (Lipinski definition) is 0. The quantitative estimate of drug-likeness (QED) is 0.272. The van der Waals surface area contributed by atoms with Gasteiger partial charge in [-0.05, 0) is 31.6 Å². The van der Waals surface area contributed by atoms with Gasteiger partial charge in [0.25, 0.3) is 0 Å². The Morgan fingerprint density at radius 2 is 1.60 bits per heavy atom. The van der Waals surface area contributed by atoms with Crippen molar-refractivity contribution in [3.05, 3.63) is 83.6 Å². The summed E-state index contributed by atoms with van der Waals surface area (Å²) < 4.78 is 13.5. The van der Waals surface area contributed by atoms with Gasteiger partial charge in [-0.3, -0.25) is 0 Å². The molecule has 4 nitrogen and oxygen atoms in total. The molecule has 2 aliphatic heterocycles. The summed E-state index contributed by atoms with van der Waals surface area (Å²) in [7, 11) is 2.16. The molecule has 0 saturated carbocycles. The molecule has 4 heteroatoms. The minimum Gasteiger partial charge on any atom is -0.377 e. The number of nitrogens with zero attached hydrogens (tertiary/aromatic N) is 2. The lowest BCUT2D eigenvalue weighted by Gasteiger charge is -2.27. The van der Waals surface area contributed by atoms with Crippen molar-refractivity contribution in [1.29, 1.82) is 0 Å². The van der Waals surface area contributed by atoms with E-state index in [1.807, 2.05) is 0 Å². The van der Waals surface area contributed by atoms with Crippen LogP contribution in [-0.2, 0) is 20.3 Å². The van der Waals surface area contributed by atoms with E-state index in [0.29, 0.717) is 26.4 Å². The van der Waals surface area contributed by atoms with E-state index >= 15 is 0 Å². The Kier molecular flexibility index (Phi) is 7.31. The molecule has 2 aromatic carbocycles. The summed E-state index contributed by atoms with van der Waals surface area (Å²) in [6, 6.07) is 17.4. The van der Waals surface area contributed by atoms with E-state index < -0.39 is 0 Å². The van der Waals surface area contributed by atoms with E-state index in [-0.39, 0.29) is 10.8 Å². The lowest BCUT2D eigenvalue weighted by atomic mass is 9.81. The Balaban J connectivity index is 1.56. The zero-order chi connectivity index (χ0) is 25.1. The largest absolute Gasteiger partial charge is 0.377 e. The summed E-state index contributed by atoms with van der Waals surface area (Å²) in [5, 5.41) is 0. The van der Waals surface area contributed by atoms with Gasteiger partial charge >= 0.3 is 0 Å². The minimum absolute atomic E-state index is 0.0382. The molecule has 0 bridgehead atoms. The predicted molar refractivity (Wildman–Crippen MR) is 145 cm³/mol. The van der Waals surface area contributed by atoms with Crippen molar-refractivity contribution in [3.8, 4) is 12.3 Å². The monoisotopic (exact) mass is 469 g/mol. The van der Waals surface area contributed by atoms with Crippen LogP contribution in [0.15, 0.2) is 72.5 Å². The van der Waals surface area contributed by atoms with Crippen LogP contribution in [0.3, 0.4) is 0 Å². The van der Waals surface area contributed by atoms with Crippen LogP contribution >= 0.6 is 0 Å². The summed E-state index contributed by atoms with van der Waals surface area (Å²) in [5.74, 6) is 2.48. The fourth-order valence-corrected chi connectivity index (χ4v) is 5.42. The first kappa shape index (κ1) is 25.0. The smallest absolute Gasteiger partial charge is 0.209 e. The van der Waals surface area contributed by atoms with Crippen LogP contribution in [0, 0.1) is 12.3 Å². The second-order valence-electron chi connectivity index (χ2n) is 10.2. The Morgan fingerprint density at radius 1 is 0.914 bits per heavy atom. The Hall–Kier alpha value is -3.13. The van der Waals surface area contributed by atoms with Crippen LogP contribution in [0.5, 0.6) is 0 Å². The van der Waals surface area contributed by atoms with Crippen molar-refractivity contribution in [2.45, 2.75) is 38.5 Å². The molecular weight excluding hydrogens is 432 g/mol. The second-order valence-corrected chi connectivity index (χ2v) is 10.2. The topological polar surface area (TPSA) is 24.7 Å². The van der Waals surface area contributed by atoms with Gasteiger partial charge in [-0.15, -0.1) is 6.42 Å². The van der Waals surface area contributed by atoms with Crippen molar-refractivity contribution in [1.82, 2.24) is 0 Å². The number of rotatable bonds is 9. The van der Waals surface area contributed by atoms with Crippen molar-refractivity contribution < 1.29 is 14.0 Å².